The molecule has 0 aliphatic rings. The third kappa shape index (κ3) is 4.33. The summed E-state index contributed by atoms with van der Waals surface area (Å²) in [6.45, 7) is 10.3. The third-order valence-corrected chi connectivity index (χ3v) is 3.86. The molecule has 0 bridgehead atoms. The molecule has 104 valence electrons. The SMILES string of the molecule is CCCC(C#N)(CCC)C(=O)NC(C)C(C)CC. The fraction of sp³-hybridized carbons (Fsp3) is 0.867. The molecule has 3 nitrogen and oxygen atoms in total. The predicted molar refractivity (Wildman–Crippen MR) is 74.9 cm³/mol. The first-order chi connectivity index (χ1) is 8.47. The first-order valence-electron chi connectivity index (χ1n) is 7.19. The van der Waals surface area contributed by atoms with Crippen molar-refractivity contribution in [1.29, 1.82) is 5.26 Å². The zero-order valence-electron chi connectivity index (χ0n) is 12.5. The van der Waals surface area contributed by atoms with E-state index >= 15 is 0 Å². The maximum atomic E-state index is 12.4. The molecule has 0 spiro atoms. The Hall–Kier alpha value is -1.04. The van der Waals surface area contributed by atoms with Crippen LogP contribution in [0.1, 0.15) is 66.7 Å². The molecule has 1 N–H and O–H groups in total. The van der Waals surface area contributed by atoms with E-state index in [2.05, 4.69) is 25.2 Å². The number of hydrogen-bond acceptors (Lipinski definition) is 2. The van der Waals surface area contributed by atoms with Gasteiger partial charge in [-0.3, -0.25) is 4.79 Å². The molecule has 2 unspecified atom stereocenters. The molecule has 2 atom stereocenters. The van der Waals surface area contributed by atoms with Crippen molar-refractivity contribution >= 4 is 5.91 Å². The molecule has 0 aromatic carbocycles. The van der Waals surface area contributed by atoms with Gasteiger partial charge in [0.25, 0.3) is 0 Å². The Balaban J connectivity index is 4.81. The summed E-state index contributed by atoms with van der Waals surface area (Å²) in [5.41, 5.74) is -0.828. The van der Waals surface area contributed by atoms with Gasteiger partial charge in [0, 0.05) is 6.04 Å². The summed E-state index contributed by atoms with van der Waals surface area (Å²) in [4.78, 5) is 12.4. The summed E-state index contributed by atoms with van der Waals surface area (Å²) in [6.07, 6.45) is 4.05. The average molecular weight is 252 g/mol. The molecule has 18 heavy (non-hydrogen) atoms. The third-order valence-electron chi connectivity index (χ3n) is 3.86. The van der Waals surface area contributed by atoms with Gasteiger partial charge in [0.2, 0.25) is 5.91 Å². The lowest BCUT2D eigenvalue weighted by Gasteiger charge is -2.28. The maximum absolute atomic E-state index is 12.4. The summed E-state index contributed by atoms with van der Waals surface area (Å²) in [6, 6.07) is 2.40. The highest BCUT2D eigenvalue weighted by atomic mass is 16.2. The van der Waals surface area contributed by atoms with Crippen LogP contribution in [0.3, 0.4) is 0 Å². The molecule has 0 fully saturated rings. The summed E-state index contributed by atoms with van der Waals surface area (Å²) in [5, 5.41) is 12.4. The molecule has 0 rings (SSSR count). The van der Waals surface area contributed by atoms with Crippen LogP contribution >= 0.6 is 0 Å². The van der Waals surface area contributed by atoms with Gasteiger partial charge in [-0.1, -0.05) is 47.0 Å². The first-order valence-corrected chi connectivity index (χ1v) is 7.19. The molecule has 3 heteroatoms. The summed E-state index contributed by atoms with van der Waals surface area (Å²) in [5.74, 6) is 0.357. The Morgan fingerprint density at radius 3 is 2.06 bits per heavy atom. The van der Waals surface area contributed by atoms with Crippen LogP contribution in [0.2, 0.25) is 0 Å². The van der Waals surface area contributed by atoms with Crippen LogP contribution in [0.5, 0.6) is 0 Å². The Bertz CT molecular complexity index is 287. The van der Waals surface area contributed by atoms with E-state index < -0.39 is 5.41 Å². The normalized spacial score (nSPS) is 14.7. The van der Waals surface area contributed by atoms with Gasteiger partial charge in [0.1, 0.15) is 5.41 Å². The van der Waals surface area contributed by atoms with Crippen LogP contribution in [-0.4, -0.2) is 11.9 Å². The lowest BCUT2D eigenvalue weighted by atomic mass is 9.79. The fourth-order valence-corrected chi connectivity index (χ4v) is 2.21. The summed E-state index contributed by atoms with van der Waals surface area (Å²) in [7, 11) is 0. The fourth-order valence-electron chi connectivity index (χ4n) is 2.21. The smallest absolute Gasteiger partial charge is 0.240 e. The van der Waals surface area contributed by atoms with E-state index in [0.717, 1.165) is 19.3 Å². The Kier molecular flexibility index (Phi) is 7.66. The zero-order valence-corrected chi connectivity index (χ0v) is 12.5. The van der Waals surface area contributed by atoms with Crippen molar-refractivity contribution in [3.63, 3.8) is 0 Å². The lowest BCUT2D eigenvalue weighted by molar-refractivity contribution is -0.129. The molecule has 0 aliphatic heterocycles. The van der Waals surface area contributed by atoms with Gasteiger partial charge >= 0.3 is 0 Å². The van der Waals surface area contributed by atoms with Gasteiger partial charge in [-0.05, 0) is 25.7 Å². The van der Waals surface area contributed by atoms with Crippen molar-refractivity contribution in [2.45, 2.75) is 72.8 Å². The first kappa shape index (κ1) is 17.0. The number of hydrogen-bond donors (Lipinski definition) is 1. The number of rotatable bonds is 8. The van der Waals surface area contributed by atoms with Gasteiger partial charge in [-0.15, -0.1) is 0 Å². The van der Waals surface area contributed by atoms with Crippen molar-refractivity contribution in [3.05, 3.63) is 0 Å². The number of nitriles is 1. The van der Waals surface area contributed by atoms with Gasteiger partial charge < -0.3 is 5.32 Å². The van der Waals surface area contributed by atoms with E-state index in [1.165, 1.54) is 0 Å². The number of amides is 1. The number of carbonyl (C=O) groups excluding carboxylic acids is 1. The number of nitrogens with one attached hydrogen (secondary N) is 1. The molecule has 0 aliphatic carbocycles. The quantitative estimate of drug-likeness (QED) is 0.717. The lowest BCUT2D eigenvalue weighted by Crippen LogP contribution is -2.46. The van der Waals surface area contributed by atoms with Crippen molar-refractivity contribution < 1.29 is 4.79 Å². The van der Waals surface area contributed by atoms with Gasteiger partial charge in [-0.25, -0.2) is 0 Å². The predicted octanol–water partition coefficient (Wildman–Crippen LogP) is 3.65. The Morgan fingerprint density at radius 2 is 1.72 bits per heavy atom. The molecule has 0 saturated heterocycles. The van der Waals surface area contributed by atoms with E-state index in [-0.39, 0.29) is 11.9 Å². The minimum absolute atomic E-state index is 0.0819. The van der Waals surface area contributed by atoms with Crippen LogP contribution in [0, 0.1) is 22.7 Å². The zero-order chi connectivity index (χ0) is 14.2. The molecular formula is C15H28N2O. The molecule has 0 aromatic rings. The molecular weight excluding hydrogens is 224 g/mol. The van der Waals surface area contributed by atoms with Crippen molar-refractivity contribution in [2.75, 3.05) is 0 Å². The van der Waals surface area contributed by atoms with E-state index in [9.17, 15) is 10.1 Å². The second kappa shape index (κ2) is 8.13. The second-order valence-corrected chi connectivity index (χ2v) is 5.34. The standard InChI is InChI=1S/C15H28N2O/c1-6-9-15(11-16,10-7-2)14(18)17-13(5)12(4)8-3/h12-13H,6-10H2,1-5H3,(H,17,18). The van der Waals surface area contributed by atoms with Gasteiger partial charge in [-0.2, -0.15) is 5.26 Å². The van der Waals surface area contributed by atoms with Crippen LogP contribution in [0.15, 0.2) is 0 Å². The summed E-state index contributed by atoms with van der Waals surface area (Å²) >= 11 is 0. The van der Waals surface area contributed by atoms with Gasteiger partial charge in [0.05, 0.1) is 6.07 Å². The highest BCUT2D eigenvalue weighted by Crippen LogP contribution is 2.29. The van der Waals surface area contributed by atoms with Crippen molar-refractivity contribution in [2.24, 2.45) is 11.3 Å². The Labute approximate surface area is 112 Å². The highest BCUT2D eigenvalue weighted by Gasteiger charge is 2.37. The number of nitrogens with zero attached hydrogens (tertiary/aromatic N) is 1. The number of carbonyl (C=O) groups is 1. The largest absolute Gasteiger partial charge is 0.352 e. The Morgan fingerprint density at radius 1 is 1.22 bits per heavy atom. The molecule has 0 radical (unpaired) electrons. The summed E-state index contributed by atoms with van der Waals surface area (Å²) < 4.78 is 0. The van der Waals surface area contributed by atoms with E-state index in [1.807, 2.05) is 20.8 Å². The average Bonchev–Trinajstić information content (AvgIpc) is 2.36. The minimum atomic E-state index is -0.828. The van der Waals surface area contributed by atoms with Crippen LogP contribution in [-0.2, 0) is 4.79 Å². The van der Waals surface area contributed by atoms with Crippen LogP contribution < -0.4 is 5.32 Å². The van der Waals surface area contributed by atoms with E-state index in [4.69, 9.17) is 0 Å². The topological polar surface area (TPSA) is 52.9 Å². The van der Waals surface area contributed by atoms with Crippen molar-refractivity contribution in [1.82, 2.24) is 5.32 Å². The van der Waals surface area contributed by atoms with Crippen molar-refractivity contribution in [3.8, 4) is 6.07 Å². The van der Waals surface area contributed by atoms with E-state index in [0.29, 0.717) is 18.8 Å². The van der Waals surface area contributed by atoms with Crippen LogP contribution in [0.25, 0.3) is 0 Å². The minimum Gasteiger partial charge on any atom is -0.352 e. The molecule has 1 amide bonds. The maximum Gasteiger partial charge on any atom is 0.240 e. The molecule has 0 aromatic heterocycles. The molecule has 0 heterocycles. The monoisotopic (exact) mass is 252 g/mol. The molecule has 0 saturated carbocycles. The van der Waals surface area contributed by atoms with Gasteiger partial charge in [0.15, 0.2) is 0 Å². The van der Waals surface area contributed by atoms with E-state index in [1.54, 1.807) is 0 Å². The van der Waals surface area contributed by atoms with Crippen LogP contribution in [0.4, 0.5) is 0 Å². The second-order valence-electron chi connectivity index (χ2n) is 5.34. The highest BCUT2D eigenvalue weighted by molar-refractivity contribution is 5.85.